The van der Waals surface area contributed by atoms with Crippen LogP contribution in [0.3, 0.4) is 0 Å². The number of carboxylic acids is 1. The van der Waals surface area contributed by atoms with Gasteiger partial charge < -0.3 is 15.7 Å². The third kappa shape index (κ3) is 4.86. The average molecular weight is 250 g/mol. The van der Waals surface area contributed by atoms with E-state index >= 15 is 0 Å². The van der Waals surface area contributed by atoms with E-state index in [0.717, 1.165) is 0 Å². The second-order valence-electron chi connectivity index (χ2n) is 5.03. The van der Waals surface area contributed by atoms with E-state index in [0.29, 0.717) is 5.69 Å². The minimum absolute atomic E-state index is 0.107. The Balaban J connectivity index is 2.49. The molecule has 1 rings (SSSR count). The molecule has 1 amide bonds. The molecule has 0 unspecified atom stereocenters. The van der Waals surface area contributed by atoms with Gasteiger partial charge in [-0.25, -0.2) is 4.79 Å². The highest BCUT2D eigenvalue weighted by Gasteiger charge is 2.13. The largest absolute Gasteiger partial charge is 0.478 e. The Labute approximate surface area is 106 Å². The van der Waals surface area contributed by atoms with Gasteiger partial charge in [-0.2, -0.15) is 0 Å². The van der Waals surface area contributed by atoms with Gasteiger partial charge in [0, 0.05) is 11.2 Å². The predicted octanol–water partition coefficient (Wildman–Crippen LogP) is 1.71. The molecule has 0 aliphatic heterocycles. The van der Waals surface area contributed by atoms with Gasteiger partial charge in [-0.05, 0) is 45.0 Å². The first-order valence-corrected chi connectivity index (χ1v) is 5.66. The maximum atomic E-state index is 11.5. The van der Waals surface area contributed by atoms with E-state index in [4.69, 9.17) is 5.11 Å². The average Bonchev–Trinajstić information content (AvgIpc) is 2.24. The number of carboxylic acid groups (broad SMARTS) is 1. The number of hydrogen-bond acceptors (Lipinski definition) is 3. The molecule has 0 aliphatic rings. The number of hydrogen-bond donors (Lipinski definition) is 3. The maximum absolute atomic E-state index is 11.5. The van der Waals surface area contributed by atoms with Crippen LogP contribution >= 0.6 is 0 Å². The summed E-state index contributed by atoms with van der Waals surface area (Å²) in [6.07, 6.45) is 0. The molecule has 0 aliphatic carbocycles. The number of carbonyl (C=O) groups excluding carboxylic acids is 1. The molecule has 0 spiro atoms. The third-order valence-corrected chi connectivity index (χ3v) is 2.10. The van der Waals surface area contributed by atoms with Crippen molar-refractivity contribution in [3.63, 3.8) is 0 Å². The van der Waals surface area contributed by atoms with Gasteiger partial charge in [0.05, 0.1) is 12.1 Å². The second kappa shape index (κ2) is 5.53. The smallest absolute Gasteiger partial charge is 0.335 e. The van der Waals surface area contributed by atoms with Crippen molar-refractivity contribution in [2.45, 2.75) is 26.3 Å². The van der Waals surface area contributed by atoms with E-state index in [1.165, 1.54) is 12.1 Å². The molecular formula is C13H18N2O3. The summed E-state index contributed by atoms with van der Waals surface area (Å²) < 4.78 is 0. The monoisotopic (exact) mass is 250 g/mol. The fourth-order valence-electron chi connectivity index (χ4n) is 1.38. The molecule has 0 fully saturated rings. The van der Waals surface area contributed by atoms with Crippen molar-refractivity contribution in [2.75, 3.05) is 11.9 Å². The zero-order valence-electron chi connectivity index (χ0n) is 10.8. The van der Waals surface area contributed by atoms with Crippen LogP contribution in [-0.2, 0) is 4.79 Å². The first kappa shape index (κ1) is 14.0. The number of aromatic carboxylic acids is 1. The number of nitrogens with one attached hydrogen (secondary N) is 2. The number of benzene rings is 1. The normalized spacial score (nSPS) is 10.8. The molecule has 98 valence electrons. The van der Waals surface area contributed by atoms with E-state index < -0.39 is 5.97 Å². The van der Waals surface area contributed by atoms with E-state index in [1.54, 1.807) is 12.1 Å². The minimum Gasteiger partial charge on any atom is -0.478 e. The van der Waals surface area contributed by atoms with Crippen LogP contribution in [0.1, 0.15) is 31.1 Å². The van der Waals surface area contributed by atoms with Gasteiger partial charge >= 0.3 is 5.97 Å². The van der Waals surface area contributed by atoms with Crippen molar-refractivity contribution in [1.82, 2.24) is 5.32 Å². The highest BCUT2D eigenvalue weighted by Crippen LogP contribution is 2.09. The lowest BCUT2D eigenvalue weighted by Gasteiger charge is -2.20. The molecule has 5 nitrogen and oxygen atoms in total. The quantitative estimate of drug-likeness (QED) is 0.760. The molecule has 1 aromatic carbocycles. The molecule has 18 heavy (non-hydrogen) atoms. The molecule has 0 radical (unpaired) electrons. The zero-order chi connectivity index (χ0) is 13.8. The predicted molar refractivity (Wildman–Crippen MR) is 69.8 cm³/mol. The summed E-state index contributed by atoms with van der Waals surface area (Å²) in [5, 5.41) is 14.5. The first-order chi connectivity index (χ1) is 8.28. The zero-order valence-corrected chi connectivity index (χ0v) is 10.8. The fourth-order valence-corrected chi connectivity index (χ4v) is 1.38. The van der Waals surface area contributed by atoms with Gasteiger partial charge in [0.1, 0.15) is 0 Å². The van der Waals surface area contributed by atoms with E-state index in [9.17, 15) is 9.59 Å². The van der Waals surface area contributed by atoms with Crippen LogP contribution in [0.25, 0.3) is 0 Å². The van der Waals surface area contributed by atoms with Crippen molar-refractivity contribution in [3.8, 4) is 0 Å². The van der Waals surface area contributed by atoms with E-state index in [-0.39, 0.29) is 23.6 Å². The Hall–Kier alpha value is -2.04. The van der Waals surface area contributed by atoms with Gasteiger partial charge in [-0.15, -0.1) is 0 Å². The molecule has 5 heteroatoms. The summed E-state index contributed by atoms with van der Waals surface area (Å²) >= 11 is 0. The lowest BCUT2D eigenvalue weighted by molar-refractivity contribution is -0.120. The Morgan fingerprint density at radius 3 is 2.17 bits per heavy atom. The van der Waals surface area contributed by atoms with Gasteiger partial charge in [0.25, 0.3) is 0 Å². The van der Waals surface area contributed by atoms with Gasteiger partial charge in [-0.1, -0.05) is 0 Å². The molecular weight excluding hydrogens is 232 g/mol. The van der Waals surface area contributed by atoms with Crippen LogP contribution in [0.4, 0.5) is 5.69 Å². The molecule has 0 saturated carbocycles. The number of carbonyl (C=O) groups is 2. The Bertz CT molecular complexity index is 433. The topological polar surface area (TPSA) is 78.4 Å². The molecule has 0 saturated heterocycles. The van der Waals surface area contributed by atoms with Crippen molar-refractivity contribution in [3.05, 3.63) is 29.8 Å². The molecule has 0 atom stereocenters. The minimum atomic E-state index is -0.966. The molecule has 0 heterocycles. The van der Waals surface area contributed by atoms with Crippen LogP contribution in [0.2, 0.25) is 0 Å². The maximum Gasteiger partial charge on any atom is 0.335 e. The summed E-state index contributed by atoms with van der Waals surface area (Å²) in [5.74, 6) is -1.07. The summed E-state index contributed by atoms with van der Waals surface area (Å²) in [7, 11) is 0. The van der Waals surface area contributed by atoms with Crippen LogP contribution in [0.15, 0.2) is 24.3 Å². The second-order valence-corrected chi connectivity index (χ2v) is 5.03. The first-order valence-electron chi connectivity index (χ1n) is 5.66. The van der Waals surface area contributed by atoms with Crippen molar-refractivity contribution in [1.29, 1.82) is 0 Å². The fraction of sp³-hybridized carbons (Fsp3) is 0.385. The summed E-state index contributed by atoms with van der Waals surface area (Å²) in [6.45, 7) is 5.88. The summed E-state index contributed by atoms with van der Waals surface area (Å²) in [4.78, 5) is 22.2. The van der Waals surface area contributed by atoms with Gasteiger partial charge in [0.15, 0.2) is 0 Å². The Morgan fingerprint density at radius 1 is 1.17 bits per heavy atom. The lowest BCUT2D eigenvalue weighted by Crippen LogP contribution is -2.43. The summed E-state index contributed by atoms with van der Waals surface area (Å²) in [6, 6.07) is 6.25. The van der Waals surface area contributed by atoms with Crippen LogP contribution in [0, 0.1) is 0 Å². The Morgan fingerprint density at radius 2 is 1.72 bits per heavy atom. The lowest BCUT2D eigenvalue weighted by atomic mass is 10.1. The molecule has 0 aromatic heterocycles. The van der Waals surface area contributed by atoms with Gasteiger partial charge in [-0.3, -0.25) is 4.79 Å². The number of amides is 1. The Kier molecular flexibility index (Phi) is 4.31. The van der Waals surface area contributed by atoms with Crippen molar-refractivity contribution < 1.29 is 14.7 Å². The van der Waals surface area contributed by atoms with Crippen LogP contribution in [-0.4, -0.2) is 29.1 Å². The molecule has 3 N–H and O–H groups in total. The summed E-state index contributed by atoms with van der Waals surface area (Å²) in [5.41, 5.74) is 0.676. The molecule has 0 bridgehead atoms. The number of rotatable bonds is 4. The van der Waals surface area contributed by atoms with Crippen molar-refractivity contribution >= 4 is 17.6 Å². The van der Waals surface area contributed by atoms with Crippen LogP contribution < -0.4 is 10.6 Å². The third-order valence-electron chi connectivity index (χ3n) is 2.10. The van der Waals surface area contributed by atoms with E-state index in [1.807, 2.05) is 20.8 Å². The standard InChI is InChI=1S/C13H18N2O3/c1-13(2,3)15-11(16)8-14-10-6-4-9(5-7-10)12(17)18/h4-7,14H,8H2,1-3H3,(H,15,16)(H,17,18). The number of anilines is 1. The van der Waals surface area contributed by atoms with E-state index in [2.05, 4.69) is 10.6 Å². The van der Waals surface area contributed by atoms with Crippen molar-refractivity contribution in [2.24, 2.45) is 0 Å². The SMILES string of the molecule is CC(C)(C)NC(=O)CNc1ccc(C(=O)O)cc1. The van der Waals surface area contributed by atoms with Crippen LogP contribution in [0.5, 0.6) is 0 Å². The highest BCUT2D eigenvalue weighted by molar-refractivity contribution is 5.88. The molecule has 1 aromatic rings. The van der Waals surface area contributed by atoms with Gasteiger partial charge in [0.2, 0.25) is 5.91 Å². The highest BCUT2D eigenvalue weighted by atomic mass is 16.4.